The highest BCUT2D eigenvalue weighted by atomic mass is 16.3. The molecule has 1 aromatic carbocycles. The molecule has 1 aliphatic rings. The highest BCUT2D eigenvalue weighted by Gasteiger charge is 2.24. The fourth-order valence-corrected chi connectivity index (χ4v) is 3.16. The van der Waals surface area contributed by atoms with E-state index < -0.39 is 5.56 Å². The molecule has 1 unspecified atom stereocenters. The zero-order valence-electron chi connectivity index (χ0n) is 12.9. The van der Waals surface area contributed by atoms with E-state index in [2.05, 4.69) is 17.1 Å². The normalized spacial score (nSPS) is 18.4. The number of carbonyl (C=O) groups is 1. The molecule has 5 nitrogen and oxygen atoms in total. The van der Waals surface area contributed by atoms with E-state index in [0.29, 0.717) is 19.0 Å². The Hall–Kier alpha value is -2.56. The number of carbonyl (C=O) groups excluding carboxylic acids is 1. The number of aromatic amines is 1. The number of benzene rings is 1. The standard InChI is InChI=1S/C18H20N2O3/c21-16-10-15(11-17(22)19-16)18(23)20-9-5-4-8-14(12-20)13-6-2-1-3-7-13/h1-3,6-7,10-11,14H,4-5,8-9,12H2,(H2,19,21,22). The van der Waals surface area contributed by atoms with Gasteiger partial charge in [-0.25, -0.2) is 0 Å². The van der Waals surface area contributed by atoms with Crippen LogP contribution in [0, 0.1) is 0 Å². The molecule has 5 heteroatoms. The summed E-state index contributed by atoms with van der Waals surface area (Å²) in [7, 11) is 0. The van der Waals surface area contributed by atoms with Crippen molar-refractivity contribution >= 4 is 5.91 Å². The molecule has 0 aliphatic carbocycles. The van der Waals surface area contributed by atoms with E-state index in [-0.39, 0.29) is 17.4 Å². The molecule has 1 aliphatic heterocycles. The predicted molar refractivity (Wildman–Crippen MR) is 87.7 cm³/mol. The van der Waals surface area contributed by atoms with Gasteiger partial charge >= 0.3 is 0 Å². The zero-order valence-corrected chi connectivity index (χ0v) is 12.9. The lowest BCUT2D eigenvalue weighted by Crippen LogP contribution is -2.34. The van der Waals surface area contributed by atoms with E-state index in [1.807, 2.05) is 18.2 Å². The fraction of sp³-hybridized carbons (Fsp3) is 0.333. The lowest BCUT2D eigenvalue weighted by molar-refractivity contribution is 0.0753. The van der Waals surface area contributed by atoms with Crippen LogP contribution in [0.2, 0.25) is 0 Å². The van der Waals surface area contributed by atoms with Gasteiger partial charge in [0.1, 0.15) is 0 Å². The summed E-state index contributed by atoms with van der Waals surface area (Å²) in [5.74, 6) is -0.178. The van der Waals surface area contributed by atoms with E-state index in [0.717, 1.165) is 19.3 Å². The van der Waals surface area contributed by atoms with Gasteiger partial charge in [0.2, 0.25) is 0 Å². The molecule has 0 saturated carbocycles. The Morgan fingerprint density at radius 3 is 2.70 bits per heavy atom. The van der Waals surface area contributed by atoms with Crippen molar-refractivity contribution in [1.82, 2.24) is 9.88 Å². The summed E-state index contributed by atoms with van der Waals surface area (Å²) in [5, 5.41) is 9.50. The number of pyridine rings is 1. The zero-order chi connectivity index (χ0) is 16.2. The number of nitrogens with zero attached hydrogens (tertiary/aromatic N) is 1. The van der Waals surface area contributed by atoms with Gasteiger partial charge in [-0.05, 0) is 18.4 Å². The van der Waals surface area contributed by atoms with Crippen LogP contribution in [-0.4, -0.2) is 34.0 Å². The number of aromatic hydroxyl groups is 1. The second kappa shape index (κ2) is 6.69. The molecule has 1 fully saturated rings. The van der Waals surface area contributed by atoms with Gasteiger partial charge in [-0.3, -0.25) is 14.6 Å². The van der Waals surface area contributed by atoms with Crippen molar-refractivity contribution in [3.8, 4) is 5.88 Å². The molecule has 1 amide bonds. The van der Waals surface area contributed by atoms with Crippen LogP contribution in [0.15, 0.2) is 47.3 Å². The van der Waals surface area contributed by atoms with Crippen molar-refractivity contribution in [3.63, 3.8) is 0 Å². The Labute approximate surface area is 134 Å². The Bertz CT molecular complexity index is 739. The minimum absolute atomic E-state index is 0.200. The summed E-state index contributed by atoms with van der Waals surface area (Å²) < 4.78 is 0. The Morgan fingerprint density at radius 2 is 1.96 bits per heavy atom. The van der Waals surface area contributed by atoms with Crippen molar-refractivity contribution in [1.29, 1.82) is 0 Å². The lowest BCUT2D eigenvalue weighted by Gasteiger charge is -2.25. The van der Waals surface area contributed by atoms with Crippen molar-refractivity contribution in [2.45, 2.75) is 25.2 Å². The Kier molecular flexibility index (Phi) is 4.46. The Morgan fingerprint density at radius 1 is 1.17 bits per heavy atom. The smallest absolute Gasteiger partial charge is 0.254 e. The van der Waals surface area contributed by atoms with Gasteiger partial charge in [0.05, 0.1) is 5.56 Å². The highest BCUT2D eigenvalue weighted by molar-refractivity contribution is 5.94. The van der Waals surface area contributed by atoms with Crippen LogP contribution in [-0.2, 0) is 0 Å². The maximum atomic E-state index is 12.7. The van der Waals surface area contributed by atoms with Crippen molar-refractivity contribution in [2.75, 3.05) is 13.1 Å². The molecule has 2 heterocycles. The Balaban J connectivity index is 1.83. The monoisotopic (exact) mass is 312 g/mol. The van der Waals surface area contributed by atoms with E-state index in [1.54, 1.807) is 4.90 Å². The molecule has 1 saturated heterocycles. The summed E-state index contributed by atoms with van der Waals surface area (Å²) in [6, 6.07) is 12.8. The molecule has 0 spiro atoms. The number of likely N-dealkylation sites (tertiary alicyclic amines) is 1. The van der Waals surface area contributed by atoms with Gasteiger partial charge < -0.3 is 10.0 Å². The summed E-state index contributed by atoms with van der Waals surface area (Å²) >= 11 is 0. The molecule has 0 radical (unpaired) electrons. The molecule has 1 aromatic heterocycles. The third-order valence-electron chi connectivity index (χ3n) is 4.31. The minimum atomic E-state index is -0.470. The predicted octanol–water partition coefficient (Wildman–Crippen LogP) is 2.49. The maximum Gasteiger partial charge on any atom is 0.254 e. The van der Waals surface area contributed by atoms with E-state index in [9.17, 15) is 14.7 Å². The summed E-state index contributed by atoms with van der Waals surface area (Å²) in [6.07, 6.45) is 3.07. The third-order valence-corrected chi connectivity index (χ3v) is 4.31. The first-order valence-electron chi connectivity index (χ1n) is 7.91. The van der Waals surface area contributed by atoms with Crippen LogP contribution in [0.25, 0.3) is 0 Å². The molecular weight excluding hydrogens is 292 g/mol. The third kappa shape index (κ3) is 3.62. The first-order valence-corrected chi connectivity index (χ1v) is 7.91. The molecule has 120 valence electrons. The SMILES string of the molecule is O=C(c1cc(O)[nH]c(=O)c1)N1CCCCC(c2ccccc2)C1. The van der Waals surface area contributed by atoms with Crippen LogP contribution in [0.5, 0.6) is 5.88 Å². The second-order valence-electron chi connectivity index (χ2n) is 5.97. The average molecular weight is 312 g/mol. The van der Waals surface area contributed by atoms with Gasteiger partial charge in [0, 0.05) is 31.1 Å². The molecule has 3 rings (SSSR count). The first-order chi connectivity index (χ1) is 11.1. The van der Waals surface area contributed by atoms with E-state index >= 15 is 0 Å². The molecule has 0 bridgehead atoms. The highest BCUT2D eigenvalue weighted by Crippen LogP contribution is 2.27. The first kappa shape index (κ1) is 15.3. The molecule has 2 N–H and O–H groups in total. The van der Waals surface area contributed by atoms with E-state index in [1.165, 1.54) is 17.7 Å². The van der Waals surface area contributed by atoms with Gasteiger partial charge in [0.15, 0.2) is 5.88 Å². The number of nitrogens with one attached hydrogen (secondary N) is 1. The number of hydrogen-bond acceptors (Lipinski definition) is 3. The van der Waals surface area contributed by atoms with E-state index in [4.69, 9.17) is 0 Å². The molecule has 1 atom stereocenters. The number of amides is 1. The van der Waals surface area contributed by atoms with Crippen LogP contribution in [0.3, 0.4) is 0 Å². The second-order valence-corrected chi connectivity index (χ2v) is 5.97. The minimum Gasteiger partial charge on any atom is -0.494 e. The van der Waals surface area contributed by atoms with Gasteiger partial charge in [0.25, 0.3) is 11.5 Å². The molecule has 2 aromatic rings. The summed E-state index contributed by atoms with van der Waals surface area (Å²) in [6.45, 7) is 1.31. The van der Waals surface area contributed by atoms with Crippen LogP contribution < -0.4 is 5.56 Å². The average Bonchev–Trinajstić information content (AvgIpc) is 2.80. The number of hydrogen-bond donors (Lipinski definition) is 2. The number of aromatic nitrogens is 1. The van der Waals surface area contributed by atoms with Crippen LogP contribution in [0.1, 0.15) is 41.1 Å². The molecular formula is C18H20N2O3. The van der Waals surface area contributed by atoms with Crippen LogP contribution in [0.4, 0.5) is 0 Å². The largest absolute Gasteiger partial charge is 0.494 e. The van der Waals surface area contributed by atoms with Gasteiger partial charge in [-0.15, -0.1) is 0 Å². The summed E-state index contributed by atoms with van der Waals surface area (Å²) in [5.41, 5.74) is 1.00. The lowest BCUT2D eigenvalue weighted by atomic mass is 9.94. The van der Waals surface area contributed by atoms with Crippen molar-refractivity contribution in [3.05, 3.63) is 63.9 Å². The van der Waals surface area contributed by atoms with Gasteiger partial charge in [-0.1, -0.05) is 36.8 Å². The van der Waals surface area contributed by atoms with Crippen molar-refractivity contribution < 1.29 is 9.90 Å². The number of H-pyrrole nitrogens is 1. The van der Waals surface area contributed by atoms with Gasteiger partial charge in [-0.2, -0.15) is 0 Å². The topological polar surface area (TPSA) is 73.4 Å². The van der Waals surface area contributed by atoms with Crippen LogP contribution >= 0.6 is 0 Å². The quantitative estimate of drug-likeness (QED) is 0.895. The summed E-state index contributed by atoms with van der Waals surface area (Å²) in [4.78, 5) is 28.2. The molecule has 23 heavy (non-hydrogen) atoms. The maximum absolute atomic E-state index is 12.7. The fourth-order valence-electron chi connectivity index (χ4n) is 3.16. The number of rotatable bonds is 2. The van der Waals surface area contributed by atoms with Crippen molar-refractivity contribution in [2.24, 2.45) is 0 Å².